The molecule has 0 aliphatic heterocycles. The van der Waals surface area contributed by atoms with Gasteiger partial charge in [-0.05, 0) is 69.5 Å². The van der Waals surface area contributed by atoms with Gasteiger partial charge in [-0.3, -0.25) is 0 Å². The molecule has 0 aliphatic rings. The maximum atomic E-state index is 8.77. The lowest BCUT2D eigenvalue weighted by Crippen LogP contribution is -2.22. The van der Waals surface area contributed by atoms with Crippen LogP contribution in [0.5, 0.6) is 5.75 Å². The topological polar surface area (TPSA) is 32.7 Å². The molecule has 108 valence electrons. The number of benzene rings is 1. The van der Waals surface area contributed by atoms with E-state index in [1.54, 1.807) is 7.11 Å². The monoisotopic (exact) mass is 265 g/mol. The van der Waals surface area contributed by atoms with Crippen LogP contribution in [-0.4, -0.2) is 43.9 Å². The van der Waals surface area contributed by atoms with Gasteiger partial charge in [-0.15, -0.1) is 0 Å². The molecule has 0 bridgehead atoms. The van der Waals surface area contributed by atoms with Crippen LogP contribution in [0.4, 0.5) is 0 Å². The van der Waals surface area contributed by atoms with Crippen molar-refractivity contribution < 1.29 is 9.84 Å². The van der Waals surface area contributed by atoms with Crippen molar-refractivity contribution in [2.45, 2.75) is 33.1 Å². The molecule has 0 unspecified atom stereocenters. The zero-order valence-corrected chi connectivity index (χ0v) is 12.7. The van der Waals surface area contributed by atoms with Gasteiger partial charge >= 0.3 is 0 Å². The Kier molecular flexibility index (Phi) is 6.89. The van der Waals surface area contributed by atoms with Crippen LogP contribution < -0.4 is 4.74 Å². The number of aliphatic hydroxyl groups is 1. The summed E-state index contributed by atoms with van der Waals surface area (Å²) in [6.45, 7) is 6.63. The van der Waals surface area contributed by atoms with Crippen molar-refractivity contribution in [2.24, 2.45) is 0 Å². The van der Waals surface area contributed by atoms with Crippen LogP contribution in [0.25, 0.3) is 0 Å². The van der Waals surface area contributed by atoms with Crippen molar-refractivity contribution in [1.82, 2.24) is 4.90 Å². The third-order valence-electron chi connectivity index (χ3n) is 3.56. The largest absolute Gasteiger partial charge is 0.496 e. The highest BCUT2D eigenvalue weighted by Crippen LogP contribution is 2.22. The Bertz CT molecular complexity index is 391. The Labute approximate surface area is 117 Å². The second-order valence-corrected chi connectivity index (χ2v) is 5.23. The summed E-state index contributed by atoms with van der Waals surface area (Å²) in [7, 11) is 3.86. The number of aliphatic hydroxyl groups excluding tert-OH is 1. The van der Waals surface area contributed by atoms with Crippen molar-refractivity contribution in [3.8, 4) is 5.75 Å². The van der Waals surface area contributed by atoms with Crippen molar-refractivity contribution in [3.63, 3.8) is 0 Å². The second-order valence-electron chi connectivity index (χ2n) is 5.23. The average molecular weight is 265 g/mol. The maximum absolute atomic E-state index is 8.77. The standard InChI is InChI=1S/C16H27NO2/c1-13-12-16(19-4)14(2)11-15(13)7-9-17(3)8-5-6-10-18/h11-12,18H,5-10H2,1-4H3. The lowest BCUT2D eigenvalue weighted by Gasteiger charge is -2.18. The first kappa shape index (κ1) is 16.0. The Morgan fingerprint density at radius 1 is 1.11 bits per heavy atom. The predicted molar refractivity (Wildman–Crippen MR) is 80.0 cm³/mol. The Morgan fingerprint density at radius 2 is 1.84 bits per heavy atom. The molecule has 0 aromatic heterocycles. The molecule has 0 saturated heterocycles. The third-order valence-corrected chi connectivity index (χ3v) is 3.56. The second kappa shape index (κ2) is 8.18. The number of hydrogen-bond acceptors (Lipinski definition) is 3. The highest BCUT2D eigenvalue weighted by atomic mass is 16.5. The summed E-state index contributed by atoms with van der Waals surface area (Å²) in [6.07, 6.45) is 3.02. The van der Waals surface area contributed by atoms with E-state index in [4.69, 9.17) is 9.84 Å². The summed E-state index contributed by atoms with van der Waals surface area (Å²) < 4.78 is 5.34. The van der Waals surface area contributed by atoms with Crippen LogP contribution in [0.15, 0.2) is 12.1 Å². The predicted octanol–water partition coefficient (Wildman–Crippen LogP) is 2.56. The van der Waals surface area contributed by atoms with Gasteiger partial charge in [0.15, 0.2) is 0 Å². The summed E-state index contributed by atoms with van der Waals surface area (Å²) in [6, 6.07) is 4.35. The van der Waals surface area contributed by atoms with E-state index in [0.717, 1.165) is 38.1 Å². The maximum Gasteiger partial charge on any atom is 0.122 e. The molecular weight excluding hydrogens is 238 g/mol. The van der Waals surface area contributed by atoms with Gasteiger partial charge < -0.3 is 14.7 Å². The molecule has 0 aliphatic carbocycles. The van der Waals surface area contributed by atoms with E-state index in [0.29, 0.717) is 6.61 Å². The summed E-state index contributed by atoms with van der Waals surface area (Å²) in [4.78, 5) is 2.33. The van der Waals surface area contributed by atoms with Crippen LogP contribution in [0.3, 0.4) is 0 Å². The number of rotatable bonds is 8. The highest BCUT2D eigenvalue weighted by molar-refractivity contribution is 5.41. The van der Waals surface area contributed by atoms with E-state index in [9.17, 15) is 0 Å². The zero-order valence-electron chi connectivity index (χ0n) is 12.7. The first-order valence-corrected chi connectivity index (χ1v) is 7.02. The Hall–Kier alpha value is -1.06. The fourth-order valence-electron chi connectivity index (χ4n) is 2.26. The molecule has 1 aromatic carbocycles. The molecule has 0 spiro atoms. The number of hydrogen-bond donors (Lipinski definition) is 1. The van der Waals surface area contributed by atoms with Crippen LogP contribution in [0, 0.1) is 13.8 Å². The molecule has 0 heterocycles. The molecule has 3 nitrogen and oxygen atoms in total. The molecule has 1 N–H and O–H groups in total. The van der Waals surface area contributed by atoms with Gasteiger partial charge in [0.05, 0.1) is 7.11 Å². The van der Waals surface area contributed by atoms with E-state index < -0.39 is 0 Å². The average Bonchev–Trinajstić information content (AvgIpc) is 2.39. The molecule has 0 amide bonds. The number of nitrogens with zero attached hydrogens (tertiary/aromatic N) is 1. The summed E-state index contributed by atoms with van der Waals surface area (Å²) >= 11 is 0. The van der Waals surface area contributed by atoms with Gasteiger partial charge in [0.1, 0.15) is 5.75 Å². The number of likely N-dealkylation sites (N-methyl/N-ethyl adjacent to an activating group) is 1. The van der Waals surface area contributed by atoms with E-state index in [1.807, 2.05) is 0 Å². The zero-order chi connectivity index (χ0) is 14.3. The molecule has 0 radical (unpaired) electrons. The summed E-state index contributed by atoms with van der Waals surface area (Å²) in [5.74, 6) is 0.970. The van der Waals surface area contributed by atoms with Crippen molar-refractivity contribution in [1.29, 1.82) is 0 Å². The van der Waals surface area contributed by atoms with Crippen LogP contribution in [0.2, 0.25) is 0 Å². The third kappa shape index (κ3) is 5.21. The quantitative estimate of drug-likeness (QED) is 0.733. The SMILES string of the molecule is COc1cc(C)c(CCN(C)CCCCO)cc1C. The normalized spacial score (nSPS) is 11.1. The van der Waals surface area contributed by atoms with Crippen LogP contribution in [0.1, 0.15) is 29.5 Å². The highest BCUT2D eigenvalue weighted by Gasteiger charge is 2.06. The van der Waals surface area contributed by atoms with E-state index >= 15 is 0 Å². The number of unbranched alkanes of at least 4 members (excludes halogenated alkanes) is 1. The molecule has 1 aromatic rings. The molecule has 0 atom stereocenters. The van der Waals surface area contributed by atoms with Crippen molar-refractivity contribution in [3.05, 3.63) is 28.8 Å². The Morgan fingerprint density at radius 3 is 2.47 bits per heavy atom. The molecule has 0 saturated carbocycles. The fourth-order valence-corrected chi connectivity index (χ4v) is 2.26. The molecule has 3 heteroatoms. The van der Waals surface area contributed by atoms with Gasteiger partial charge in [0, 0.05) is 13.2 Å². The van der Waals surface area contributed by atoms with Gasteiger partial charge in [-0.2, -0.15) is 0 Å². The van der Waals surface area contributed by atoms with E-state index in [1.165, 1.54) is 16.7 Å². The first-order chi connectivity index (χ1) is 9.08. The smallest absolute Gasteiger partial charge is 0.122 e. The number of aryl methyl sites for hydroxylation is 2. The van der Waals surface area contributed by atoms with E-state index in [2.05, 4.69) is 37.9 Å². The molecule has 0 fully saturated rings. The minimum atomic E-state index is 0.296. The first-order valence-electron chi connectivity index (χ1n) is 7.02. The van der Waals surface area contributed by atoms with Gasteiger partial charge in [-0.1, -0.05) is 6.07 Å². The van der Waals surface area contributed by atoms with Gasteiger partial charge in [0.25, 0.3) is 0 Å². The minimum absolute atomic E-state index is 0.296. The fraction of sp³-hybridized carbons (Fsp3) is 0.625. The molecule has 19 heavy (non-hydrogen) atoms. The van der Waals surface area contributed by atoms with Crippen LogP contribution in [-0.2, 0) is 6.42 Å². The lowest BCUT2D eigenvalue weighted by molar-refractivity contribution is 0.264. The van der Waals surface area contributed by atoms with Crippen molar-refractivity contribution >= 4 is 0 Å². The van der Waals surface area contributed by atoms with Crippen LogP contribution >= 0.6 is 0 Å². The summed E-state index contributed by atoms with van der Waals surface area (Å²) in [5, 5.41) is 8.77. The molecular formula is C16H27NO2. The lowest BCUT2D eigenvalue weighted by atomic mass is 10.0. The Balaban J connectivity index is 2.51. The number of ether oxygens (including phenoxy) is 1. The van der Waals surface area contributed by atoms with Gasteiger partial charge in [-0.25, -0.2) is 0 Å². The molecule has 1 rings (SSSR count). The van der Waals surface area contributed by atoms with Gasteiger partial charge in [0.2, 0.25) is 0 Å². The number of methoxy groups -OCH3 is 1. The minimum Gasteiger partial charge on any atom is -0.496 e. The van der Waals surface area contributed by atoms with Crippen molar-refractivity contribution in [2.75, 3.05) is 33.9 Å². The summed E-state index contributed by atoms with van der Waals surface area (Å²) in [5.41, 5.74) is 3.89. The van der Waals surface area contributed by atoms with E-state index in [-0.39, 0.29) is 0 Å².